The number of rotatable bonds is 9. The molecule has 1 N–H and O–H groups in total. The van der Waals surface area contributed by atoms with Crippen LogP contribution in [-0.2, 0) is 17.8 Å². The third-order valence-corrected chi connectivity index (χ3v) is 5.84. The lowest BCUT2D eigenvalue weighted by Gasteiger charge is -2.31. The molecule has 2 aromatic rings. The number of halogens is 3. The Morgan fingerprint density at radius 2 is 1.97 bits per heavy atom. The van der Waals surface area contributed by atoms with E-state index in [1.165, 1.54) is 0 Å². The first-order chi connectivity index (χ1) is 15.3. The molecule has 1 aliphatic rings. The Kier molecular flexibility index (Phi) is 8.50. The predicted molar refractivity (Wildman–Crippen MR) is 116 cm³/mol. The fraction of sp³-hybridized carbons (Fsp3) is 0.500. The molecule has 3 rings (SSSR count). The highest BCUT2D eigenvalue weighted by Crippen LogP contribution is 2.37. The Bertz CT molecular complexity index is 844. The molecule has 174 valence electrons. The molecule has 5 nitrogen and oxygen atoms in total. The molecule has 0 saturated heterocycles. The Morgan fingerprint density at radius 1 is 1.19 bits per heavy atom. The molecule has 0 spiro atoms. The van der Waals surface area contributed by atoms with Gasteiger partial charge in [-0.15, -0.1) is 0 Å². The maximum absolute atomic E-state index is 13.1. The Balaban J connectivity index is 1.60. The van der Waals surface area contributed by atoms with Crippen LogP contribution >= 0.6 is 0 Å². The number of nitrogens with one attached hydrogen (secondary N) is 1. The normalized spacial score (nSPS) is 19.0. The van der Waals surface area contributed by atoms with Gasteiger partial charge in [-0.3, -0.25) is 14.7 Å². The van der Waals surface area contributed by atoms with Gasteiger partial charge in [-0.2, -0.15) is 13.2 Å². The van der Waals surface area contributed by atoms with Gasteiger partial charge in [0.05, 0.1) is 19.6 Å². The fourth-order valence-corrected chi connectivity index (χ4v) is 4.12. The third kappa shape index (κ3) is 7.51. The van der Waals surface area contributed by atoms with E-state index in [9.17, 15) is 18.0 Å². The van der Waals surface area contributed by atoms with Crippen molar-refractivity contribution in [1.82, 2.24) is 15.2 Å². The average molecular weight is 450 g/mol. The van der Waals surface area contributed by atoms with Gasteiger partial charge < -0.3 is 10.1 Å². The van der Waals surface area contributed by atoms with Crippen LogP contribution in [0.2, 0.25) is 0 Å². The second-order valence-electron chi connectivity index (χ2n) is 8.30. The standard InChI is InChI=1S/C24H30F3N3O2/c1-32-22-10-8-18(9-11-22)16-30(14-12-20-6-2-3-13-28-20)17-23(31)29-21-7-4-5-19(15-21)24(25,26)27/h2-3,6,8-11,13,19,21H,4-5,7,12,14-17H2,1H3,(H,29,31). The maximum atomic E-state index is 13.1. The number of hydrogen-bond donors (Lipinski definition) is 1. The summed E-state index contributed by atoms with van der Waals surface area (Å²) >= 11 is 0. The first-order valence-corrected chi connectivity index (χ1v) is 10.9. The molecule has 1 amide bonds. The van der Waals surface area contributed by atoms with Crippen molar-refractivity contribution in [2.24, 2.45) is 5.92 Å². The van der Waals surface area contributed by atoms with Gasteiger partial charge in [-0.05, 0) is 49.1 Å². The quantitative estimate of drug-likeness (QED) is 0.618. The van der Waals surface area contributed by atoms with Crippen LogP contribution in [0.5, 0.6) is 5.75 Å². The molecular formula is C24H30F3N3O2. The SMILES string of the molecule is COc1ccc(CN(CCc2ccccn2)CC(=O)NC2CCCC(C(F)(F)F)C2)cc1. The zero-order chi connectivity index (χ0) is 23.0. The van der Waals surface area contributed by atoms with Gasteiger partial charge in [0.2, 0.25) is 5.91 Å². The van der Waals surface area contributed by atoms with Crippen LogP contribution < -0.4 is 10.1 Å². The number of ether oxygens (including phenoxy) is 1. The van der Waals surface area contributed by atoms with Crippen molar-refractivity contribution in [2.75, 3.05) is 20.2 Å². The number of methoxy groups -OCH3 is 1. The van der Waals surface area contributed by atoms with E-state index in [4.69, 9.17) is 4.74 Å². The molecule has 32 heavy (non-hydrogen) atoms. The summed E-state index contributed by atoms with van der Waals surface area (Å²) in [6.45, 7) is 1.26. The van der Waals surface area contributed by atoms with E-state index < -0.39 is 18.1 Å². The van der Waals surface area contributed by atoms with Crippen molar-refractivity contribution >= 4 is 5.91 Å². The number of pyridine rings is 1. The third-order valence-electron chi connectivity index (χ3n) is 5.84. The second-order valence-corrected chi connectivity index (χ2v) is 8.30. The van der Waals surface area contributed by atoms with E-state index in [2.05, 4.69) is 10.3 Å². The zero-order valence-corrected chi connectivity index (χ0v) is 18.3. The van der Waals surface area contributed by atoms with E-state index >= 15 is 0 Å². The summed E-state index contributed by atoms with van der Waals surface area (Å²) < 4.78 is 44.4. The summed E-state index contributed by atoms with van der Waals surface area (Å²) in [5, 5.41) is 2.84. The minimum atomic E-state index is -4.20. The van der Waals surface area contributed by atoms with Crippen molar-refractivity contribution in [3.63, 3.8) is 0 Å². The Labute approximate surface area is 187 Å². The molecular weight excluding hydrogens is 419 g/mol. The summed E-state index contributed by atoms with van der Waals surface area (Å²) in [5.41, 5.74) is 1.95. The van der Waals surface area contributed by atoms with Crippen molar-refractivity contribution in [2.45, 2.75) is 50.9 Å². The zero-order valence-electron chi connectivity index (χ0n) is 18.3. The number of nitrogens with zero attached hydrogens (tertiary/aromatic N) is 2. The van der Waals surface area contributed by atoms with Gasteiger partial charge in [0.15, 0.2) is 0 Å². The summed E-state index contributed by atoms with van der Waals surface area (Å²) in [5.74, 6) is -0.823. The van der Waals surface area contributed by atoms with Crippen molar-refractivity contribution in [3.05, 3.63) is 59.9 Å². The van der Waals surface area contributed by atoms with Gasteiger partial charge >= 0.3 is 6.18 Å². The summed E-state index contributed by atoms with van der Waals surface area (Å²) in [6, 6.07) is 12.9. The highest BCUT2D eigenvalue weighted by atomic mass is 19.4. The maximum Gasteiger partial charge on any atom is 0.391 e. The van der Waals surface area contributed by atoms with Crippen LogP contribution in [0.4, 0.5) is 13.2 Å². The predicted octanol–water partition coefficient (Wildman–Crippen LogP) is 4.37. The highest BCUT2D eigenvalue weighted by Gasteiger charge is 2.42. The van der Waals surface area contributed by atoms with Gasteiger partial charge in [0, 0.05) is 37.4 Å². The highest BCUT2D eigenvalue weighted by molar-refractivity contribution is 5.78. The van der Waals surface area contributed by atoms with E-state index in [1.54, 1.807) is 13.3 Å². The van der Waals surface area contributed by atoms with Crippen molar-refractivity contribution < 1.29 is 22.7 Å². The molecule has 2 unspecified atom stereocenters. The number of amides is 1. The van der Waals surface area contributed by atoms with E-state index in [0.717, 1.165) is 17.0 Å². The molecule has 1 saturated carbocycles. The number of carbonyl (C=O) groups is 1. The monoisotopic (exact) mass is 449 g/mol. The van der Waals surface area contributed by atoms with Crippen molar-refractivity contribution in [1.29, 1.82) is 0 Å². The van der Waals surface area contributed by atoms with Gasteiger partial charge in [0.1, 0.15) is 5.75 Å². The minimum Gasteiger partial charge on any atom is -0.497 e. The van der Waals surface area contributed by atoms with E-state index in [0.29, 0.717) is 32.4 Å². The van der Waals surface area contributed by atoms with Crippen LogP contribution in [0.25, 0.3) is 0 Å². The smallest absolute Gasteiger partial charge is 0.391 e. The Hall–Kier alpha value is -2.61. The summed E-state index contributed by atoms with van der Waals surface area (Å²) in [4.78, 5) is 19.0. The second kappa shape index (κ2) is 11.3. The van der Waals surface area contributed by atoms with Gasteiger partial charge in [-0.25, -0.2) is 0 Å². The molecule has 0 aliphatic heterocycles. The number of hydrogen-bond acceptors (Lipinski definition) is 4. The molecule has 1 aliphatic carbocycles. The average Bonchev–Trinajstić information content (AvgIpc) is 2.78. The van der Waals surface area contributed by atoms with E-state index in [1.807, 2.05) is 47.4 Å². The number of carbonyl (C=O) groups excluding carboxylic acids is 1. The number of aromatic nitrogens is 1. The lowest BCUT2D eigenvalue weighted by atomic mass is 9.85. The first kappa shape index (κ1) is 24.0. The molecule has 8 heteroatoms. The molecule has 1 fully saturated rings. The van der Waals surface area contributed by atoms with E-state index in [-0.39, 0.29) is 25.3 Å². The van der Waals surface area contributed by atoms with Crippen LogP contribution in [-0.4, -0.2) is 48.2 Å². The molecule has 1 heterocycles. The largest absolute Gasteiger partial charge is 0.497 e. The van der Waals surface area contributed by atoms with Crippen molar-refractivity contribution in [3.8, 4) is 5.75 Å². The van der Waals surface area contributed by atoms with Crippen LogP contribution in [0, 0.1) is 5.92 Å². The van der Waals surface area contributed by atoms with Gasteiger partial charge in [-0.1, -0.05) is 24.6 Å². The molecule has 1 aromatic carbocycles. The van der Waals surface area contributed by atoms with Crippen LogP contribution in [0.15, 0.2) is 48.7 Å². The summed E-state index contributed by atoms with van der Waals surface area (Å²) in [7, 11) is 1.60. The fourth-order valence-electron chi connectivity index (χ4n) is 4.12. The minimum absolute atomic E-state index is 0.0400. The molecule has 2 atom stereocenters. The lowest BCUT2D eigenvalue weighted by Crippen LogP contribution is -2.45. The summed E-state index contributed by atoms with van der Waals surface area (Å²) in [6.07, 6.45) is -0.632. The molecule has 0 radical (unpaired) electrons. The first-order valence-electron chi connectivity index (χ1n) is 10.9. The topological polar surface area (TPSA) is 54.5 Å². The van der Waals surface area contributed by atoms with Gasteiger partial charge in [0.25, 0.3) is 0 Å². The molecule has 1 aromatic heterocycles. The number of alkyl halides is 3. The number of benzene rings is 1. The lowest BCUT2D eigenvalue weighted by molar-refractivity contribution is -0.184. The van der Waals surface area contributed by atoms with Crippen LogP contribution in [0.3, 0.4) is 0 Å². The molecule has 0 bridgehead atoms. The van der Waals surface area contributed by atoms with Crippen LogP contribution in [0.1, 0.15) is 36.9 Å². The Morgan fingerprint density at radius 3 is 2.62 bits per heavy atom.